The summed E-state index contributed by atoms with van der Waals surface area (Å²) in [7, 11) is 0. The minimum atomic E-state index is -1.29. The Labute approximate surface area is 108 Å². The van der Waals surface area contributed by atoms with Crippen LogP contribution >= 0.6 is 0 Å². The lowest BCUT2D eigenvalue weighted by Crippen LogP contribution is -2.32. The van der Waals surface area contributed by atoms with Crippen molar-refractivity contribution < 1.29 is 9.90 Å². The molecule has 0 amide bonds. The van der Waals surface area contributed by atoms with Crippen molar-refractivity contribution in [3.63, 3.8) is 0 Å². The Bertz CT molecular complexity index is 676. The largest absolute Gasteiger partial charge is 0.543 e. The maximum Gasteiger partial charge on any atom is 0.248 e. The van der Waals surface area contributed by atoms with Crippen LogP contribution in [0.2, 0.25) is 0 Å². The highest BCUT2D eigenvalue weighted by atomic mass is 16.4. The van der Waals surface area contributed by atoms with E-state index in [2.05, 4.69) is 20.8 Å². The van der Waals surface area contributed by atoms with Crippen LogP contribution in [0.1, 0.15) is 17.2 Å². The summed E-state index contributed by atoms with van der Waals surface area (Å²) in [5.74, 6) is -1.000. The van der Waals surface area contributed by atoms with Crippen molar-refractivity contribution in [2.75, 3.05) is 5.32 Å². The third-order valence-electron chi connectivity index (χ3n) is 2.93. The van der Waals surface area contributed by atoms with Gasteiger partial charge in [-0.25, -0.2) is 0 Å². The van der Waals surface area contributed by atoms with Crippen LogP contribution in [0.4, 0.5) is 5.95 Å². The maximum absolute atomic E-state index is 11.0. The second-order valence-corrected chi connectivity index (χ2v) is 4.30. The smallest absolute Gasteiger partial charge is 0.248 e. The van der Waals surface area contributed by atoms with E-state index in [1.165, 1.54) is 10.8 Å². The van der Waals surface area contributed by atoms with Gasteiger partial charge in [-0.1, -0.05) is 34.9 Å². The van der Waals surface area contributed by atoms with Crippen LogP contribution in [0.15, 0.2) is 36.0 Å². The molecule has 1 aliphatic heterocycles. The Morgan fingerprint density at radius 3 is 3.05 bits per heavy atom. The van der Waals surface area contributed by atoms with E-state index in [1.807, 2.05) is 31.2 Å². The zero-order chi connectivity index (χ0) is 13.4. The molecule has 1 N–H and O–H groups in total. The minimum absolute atomic E-state index is 0.0335. The van der Waals surface area contributed by atoms with Gasteiger partial charge in [0.1, 0.15) is 6.04 Å². The van der Waals surface area contributed by atoms with Crippen molar-refractivity contribution in [3.05, 3.63) is 47.2 Å². The summed E-state index contributed by atoms with van der Waals surface area (Å²) in [5.41, 5.74) is 1.96. The van der Waals surface area contributed by atoms with Gasteiger partial charge in [0.2, 0.25) is 5.95 Å². The predicted octanol–water partition coefficient (Wildman–Crippen LogP) is -0.370. The van der Waals surface area contributed by atoms with Crippen molar-refractivity contribution in [2.45, 2.75) is 13.0 Å². The Morgan fingerprint density at radius 2 is 2.32 bits per heavy atom. The fourth-order valence-electron chi connectivity index (χ4n) is 2.06. The molecule has 0 radical (unpaired) electrons. The van der Waals surface area contributed by atoms with Gasteiger partial charge in [0.25, 0.3) is 0 Å². The number of hydrogen-bond acceptors (Lipinski definition) is 6. The van der Waals surface area contributed by atoms with Gasteiger partial charge in [-0.05, 0) is 29.0 Å². The first-order valence-corrected chi connectivity index (χ1v) is 5.70. The van der Waals surface area contributed by atoms with Crippen LogP contribution in [0.25, 0.3) is 0 Å². The number of anilines is 1. The first-order valence-electron chi connectivity index (χ1n) is 5.70. The van der Waals surface area contributed by atoms with E-state index in [9.17, 15) is 9.90 Å². The standard InChI is InChI=1S/C12H11N5O2/c1-7-3-2-4-8(5-7)10-6-9(11(18)19)13-12-14-15-16-17(10)12/h2-6,10H,1H3,(H,18,19)(H,13,14,16)/p-1/t10-/m1/s1. The van der Waals surface area contributed by atoms with Crippen molar-refractivity contribution in [3.8, 4) is 0 Å². The van der Waals surface area contributed by atoms with Gasteiger partial charge in [-0.15, -0.1) is 0 Å². The van der Waals surface area contributed by atoms with Crippen LogP contribution in [0.5, 0.6) is 0 Å². The number of carbonyl (C=O) groups is 1. The fraction of sp³-hybridized carbons (Fsp3) is 0.167. The lowest BCUT2D eigenvalue weighted by Gasteiger charge is -2.23. The quantitative estimate of drug-likeness (QED) is 0.787. The van der Waals surface area contributed by atoms with Crippen molar-refractivity contribution in [1.82, 2.24) is 20.2 Å². The second kappa shape index (κ2) is 4.20. The number of nitrogens with zero attached hydrogens (tertiary/aromatic N) is 4. The van der Waals surface area contributed by atoms with Gasteiger partial charge < -0.3 is 15.2 Å². The molecular weight excluding hydrogens is 246 g/mol. The molecule has 0 saturated carbocycles. The van der Waals surface area contributed by atoms with Crippen LogP contribution in [-0.2, 0) is 4.79 Å². The number of allylic oxidation sites excluding steroid dienone is 1. The molecule has 2 heterocycles. The van der Waals surface area contributed by atoms with E-state index in [1.54, 1.807) is 0 Å². The van der Waals surface area contributed by atoms with E-state index < -0.39 is 5.97 Å². The van der Waals surface area contributed by atoms with Crippen LogP contribution < -0.4 is 10.4 Å². The number of rotatable bonds is 2. The molecule has 0 spiro atoms. The fourth-order valence-corrected chi connectivity index (χ4v) is 2.06. The Morgan fingerprint density at radius 1 is 1.47 bits per heavy atom. The van der Waals surface area contributed by atoms with Gasteiger partial charge in [-0.3, -0.25) is 0 Å². The molecule has 1 aromatic carbocycles. The molecule has 1 aliphatic rings. The van der Waals surface area contributed by atoms with E-state index in [0.29, 0.717) is 0 Å². The van der Waals surface area contributed by atoms with E-state index in [-0.39, 0.29) is 17.7 Å². The maximum atomic E-state index is 11.0. The number of nitrogens with one attached hydrogen (secondary N) is 1. The van der Waals surface area contributed by atoms with Gasteiger partial charge in [-0.2, -0.15) is 4.68 Å². The molecule has 2 aromatic rings. The van der Waals surface area contributed by atoms with Gasteiger partial charge >= 0.3 is 0 Å². The number of aryl methyl sites for hydroxylation is 1. The van der Waals surface area contributed by atoms with E-state index in [0.717, 1.165) is 11.1 Å². The topological polar surface area (TPSA) is 95.8 Å². The Hall–Kier alpha value is -2.70. The number of carboxylic acids is 1. The lowest BCUT2D eigenvalue weighted by molar-refractivity contribution is -0.299. The highest BCUT2D eigenvalue weighted by Gasteiger charge is 2.23. The number of aliphatic carboxylic acids is 1. The Balaban J connectivity index is 2.11. The van der Waals surface area contributed by atoms with E-state index in [4.69, 9.17) is 0 Å². The molecule has 1 atom stereocenters. The average molecular weight is 256 g/mol. The average Bonchev–Trinajstić information content (AvgIpc) is 2.85. The van der Waals surface area contributed by atoms with Crippen molar-refractivity contribution in [2.24, 2.45) is 0 Å². The SMILES string of the molecule is Cc1cccc([C@H]2C=C(C(=O)[O-])Nc3nnnn32)c1. The molecule has 0 bridgehead atoms. The summed E-state index contributed by atoms with van der Waals surface area (Å²) < 4.78 is 1.53. The molecule has 3 rings (SSSR count). The van der Waals surface area contributed by atoms with E-state index >= 15 is 0 Å². The summed E-state index contributed by atoms with van der Waals surface area (Å²) >= 11 is 0. The monoisotopic (exact) mass is 256 g/mol. The first-order chi connectivity index (χ1) is 9.15. The summed E-state index contributed by atoms with van der Waals surface area (Å²) in [6.07, 6.45) is 1.54. The van der Waals surface area contributed by atoms with Gasteiger partial charge in [0, 0.05) is 0 Å². The van der Waals surface area contributed by atoms with Crippen LogP contribution in [0, 0.1) is 6.92 Å². The lowest BCUT2D eigenvalue weighted by atomic mass is 10.0. The molecule has 0 fully saturated rings. The minimum Gasteiger partial charge on any atom is -0.543 e. The molecular formula is C12H10N5O2-. The molecule has 0 unspecified atom stereocenters. The van der Waals surface area contributed by atoms with Crippen molar-refractivity contribution >= 4 is 11.9 Å². The van der Waals surface area contributed by atoms with Crippen LogP contribution in [0.3, 0.4) is 0 Å². The molecule has 7 nitrogen and oxygen atoms in total. The molecule has 1 aromatic heterocycles. The summed E-state index contributed by atoms with van der Waals surface area (Å²) in [4.78, 5) is 11.0. The zero-order valence-electron chi connectivity index (χ0n) is 10.1. The molecule has 0 saturated heterocycles. The molecule has 0 aliphatic carbocycles. The summed E-state index contributed by atoms with van der Waals surface area (Å²) in [6, 6.07) is 7.37. The Kier molecular flexibility index (Phi) is 2.52. The number of carboxylic acid groups (broad SMARTS) is 1. The molecule has 7 heteroatoms. The first kappa shape index (κ1) is 11.4. The van der Waals surface area contributed by atoms with Gasteiger partial charge in [0.15, 0.2) is 0 Å². The van der Waals surface area contributed by atoms with Crippen LogP contribution in [-0.4, -0.2) is 26.2 Å². The second-order valence-electron chi connectivity index (χ2n) is 4.30. The predicted molar refractivity (Wildman–Crippen MR) is 63.8 cm³/mol. The number of hydrogen-bond donors (Lipinski definition) is 1. The highest BCUT2D eigenvalue weighted by Crippen LogP contribution is 2.27. The number of carbonyl (C=O) groups excluding carboxylic acids is 1. The number of tetrazole rings is 1. The number of fused-ring (bicyclic) bond motifs is 1. The molecule has 19 heavy (non-hydrogen) atoms. The summed E-state index contributed by atoms with van der Waals surface area (Å²) in [5, 5.41) is 24.8. The molecule has 96 valence electrons. The van der Waals surface area contributed by atoms with Crippen molar-refractivity contribution in [1.29, 1.82) is 0 Å². The van der Waals surface area contributed by atoms with Gasteiger partial charge in [0.05, 0.1) is 11.7 Å². The number of benzene rings is 1. The third-order valence-corrected chi connectivity index (χ3v) is 2.93. The summed E-state index contributed by atoms with van der Waals surface area (Å²) in [6.45, 7) is 1.97. The zero-order valence-corrected chi connectivity index (χ0v) is 10.1. The number of aromatic nitrogens is 4. The highest BCUT2D eigenvalue weighted by molar-refractivity contribution is 5.88. The third kappa shape index (κ3) is 1.95. The normalized spacial score (nSPS) is 17.3.